The number of amides is 1. The van der Waals surface area contributed by atoms with Gasteiger partial charge in [0.05, 0.1) is 0 Å². The molecule has 1 aromatic rings. The lowest BCUT2D eigenvalue weighted by molar-refractivity contribution is -0.121. The number of aromatic nitrogens is 1. The first-order valence-electron chi connectivity index (χ1n) is 7.10. The molecule has 19 heavy (non-hydrogen) atoms. The number of hydrogen-bond donors (Lipinski definition) is 1. The smallest absolute Gasteiger partial charge is 0.220 e. The summed E-state index contributed by atoms with van der Waals surface area (Å²) >= 11 is 1.98. The van der Waals surface area contributed by atoms with Crippen molar-refractivity contribution in [2.75, 3.05) is 5.75 Å². The lowest BCUT2D eigenvalue weighted by atomic mass is 10.2. The summed E-state index contributed by atoms with van der Waals surface area (Å²) in [5.41, 5.74) is 0.989. The van der Waals surface area contributed by atoms with Crippen molar-refractivity contribution in [1.82, 2.24) is 10.3 Å². The Bertz CT molecular complexity index is 396. The van der Waals surface area contributed by atoms with E-state index in [4.69, 9.17) is 0 Å². The van der Waals surface area contributed by atoms with E-state index in [-0.39, 0.29) is 5.91 Å². The number of rotatable bonds is 6. The molecule has 1 saturated carbocycles. The summed E-state index contributed by atoms with van der Waals surface area (Å²) < 4.78 is 0. The minimum atomic E-state index is 0.166. The molecule has 0 radical (unpaired) electrons. The molecule has 2 rings (SSSR count). The monoisotopic (exact) mass is 278 g/mol. The standard InChI is InChI=1S/C15H22N2OS/c1-2-19-14-8-5-7-13(14)17-15(18)10-9-12-6-3-4-11-16-12/h3-4,6,11,13-14H,2,5,7-10H2,1H3,(H,17,18)/t13-,14-/m1/s1. The van der Waals surface area contributed by atoms with Gasteiger partial charge < -0.3 is 5.32 Å². The summed E-state index contributed by atoms with van der Waals surface area (Å²) in [6.07, 6.45) is 6.65. The van der Waals surface area contributed by atoms with Gasteiger partial charge in [0.25, 0.3) is 0 Å². The summed E-state index contributed by atoms with van der Waals surface area (Å²) in [6.45, 7) is 2.18. The first kappa shape index (κ1) is 14.4. The molecule has 1 amide bonds. The molecule has 1 heterocycles. The van der Waals surface area contributed by atoms with E-state index in [0.717, 1.165) is 24.3 Å². The third-order valence-corrected chi connectivity index (χ3v) is 4.84. The maximum absolute atomic E-state index is 12.0. The Morgan fingerprint density at radius 2 is 2.37 bits per heavy atom. The first-order chi connectivity index (χ1) is 9.29. The van der Waals surface area contributed by atoms with E-state index in [1.54, 1.807) is 6.20 Å². The maximum Gasteiger partial charge on any atom is 0.220 e. The van der Waals surface area contributed by atoms with Crippen molar-refractivity contribution in [3.8, 4) is 0 Å². The minimum absolute atomic E-state index is 0.166. The van der Waals surface area contributed by atoms with Crippen LogP contribution >= 0.6 is 11.8 Å². The highest BCUT2D eigenvalue weighted by atomic mass is 32.2. The van der Waals surface area contributed by atoms with Gasteiger partial charge in [-0.3, -0.25) is 9.78 Å². The van der Waals surface area contributed by atoms with Crippen molar-refractivity contribution in [3.63, 3.8) is 0 Å². The molecule has 1 N–H and O–H groups in total. The second kappa shape index (κ2) is 7.53. The van der Waals surface area contributed by atoms with Crippen molar-refractivity contribution in [1.29, 1.82) is 0 Å². The molecule has 1 fully saturated rings. The molecule has 104 valence electrons. The van der Waals surface area contributed by atoms with Gasteiger partial charge in [0.2, 0.25) is 5.91 Å². The van der Waals surface area contributed by atoms with E-state index < -0.39 is 0 Å². The fraction of sp³-hybridized carbons (Fsp3) is 0.600. The highest BCUT2D eigenvalue weighted by molar-refractivity contribution is 7.99. The topological polar surface area (TPSA) is 42.0 Å². The van der Waals surface area contributed by atoms with Crippen LogP contribution in [0.5, 0.6) is 0 Å². The largest absolute Gasteiger partial charge is 0.352 e. The van der Waals surface area contributed by atoms with E-state index in [1.807, 2.05) is 30.0 Å². The predicted molar refractivity (Wildman–Crippen MR) is 80.3 cm³/mol. The average Bonchev–Trinajstić information content (AvgIpc) is 2.85. The van der Waals surface area contributed by atoms with Gasteiger partial charge in [0, 0.05) is 29.6 Å². The van der Waals surface area contributed by atoms with Crippen LogP contribution in [0.15, 0.2) is 24.4 Å². The van der Waals surface area contributed by atoms with Crippen LogP contribution in [0.25, 0.3) is 0 Å². The van der Waals surface area contributed by atoms with Gasteiger partial charge in [-0.15, -0.1) is 0 Å². The Hall–Kier alpha value is -1.03. The minimum Gasteiger partial charge on any atom is -0.352 e. The molecule has 1 aliphatic rings. The summed E-state index contributed by atoms with van der Waals surface area (Å²) in [5.74, 6) is 1.30. The van der Waals surface area contributed by atoms with Gasteiger partial charge in [-0.1, -0.05) is 19.4 Å². The highest BCUT2D eigenvalue weighted by Crippen LogP contribution is 2.29. The quantitative estimate of drug-likeness (QED) is 0.870. The van der Waals surface area contributed by atoms with E-state index in [1.165, 1.54) is 12.8 Å². The van der Waals surface area contributed by atoms with Crippen LogP contribution in [-0.2, 0) is 11.2 Å². The number of thioether (sulfide) groups is 1. The third-order valence-electron chi connectivity index (χ3n) is 3.51. The number of carbonyl (C=O) groups excluding carboxylic acids is 1. The maximum atomic E-state index is 12.0. The Labute approximate surface area is 119 Å². The van der Waals surface area contributed by atoms with E-state index in [9.17, 15) is 4.79 Å². The van der Waals surface area contributed by atoms with Gasteiger partial charge >= 0.3 is 0 Å². The van der Waals surface area contributed by atoms with Gasteiger partial charge in [0.15, 0.2) is 0 Å². The molecule has 3 nitrogen and oxygen atoms in total. The van der Waals surface area contributed by atoms with E-state index in [2.05, 4.69) is 17.2 Å². The summed E-state index contributed by atoms with van der Waals surface area (Å²) in [4.78, 5) is 16.2. The zero-order valence-electron chi connectivity index (χ0n) is 11.5. The Kier molecular flexibility index (Phi) is 5.70. The molecule has 0 spiro atoms. The van der Waals surface area contributed by atoms with E-state index in [0.29, 0.717) is 17.7 Å². The molecule has 2 atom stereocenters. The molecular weight excluding hydrogens is 256 g/mol. The number of aryl methyl sites for hydroxylation is 1. The SMILES string of the molecule is CCS[C@@H]1CCC[C@H]1NC(=O)CCc1ccccn1. The summed E-state index contributed by atoms with van der Waals surface area (Å²) in [6, 6.07) is 6.21. The van der Waals surface area contributed by atoms with Crippen LogP contribution in [-0.4, -0.2) is 27.9 Å². The fourth-order valence-electron chi connectivity index (χ4n) is 2.57. The van der Waals surface area contributed by atoms with Crippen LogP contribution in [0.4, 0.5) is 0 Å². The van der Waals surface area contributed by atoms with Crippen molar-refractivity contribution in [2.24, 2.45) is 0 Å². The number of pyridine rings is 1. The number of carbonyl (C=O) groups is 1. The molecule has 0 unspecified atom stereocenters. The number of nitrogens with zero attached hydrogens (tertiary/aromatic N) is 1. The first-order valence-corrected chi connectivity index (χ1v) is 8.15. The normalized spacial score (nSPS) is 22.4. The van der Waals surface area contributed by atoms with Gasteiger partial charge in [-0.2, -0.15) is 11.8 Å². The highest BCUT2D eigenvalue weighted by Gasteiger charge is 2.28. The van der Waals surface area contributed by atoms with Crippen LogP contribution in [0.2, 0.25) is 0 Å². The number of nitrogens with one attached hydrogen (secondary N) is 1. The second-order valence-corrected chi connectivity index (χ2v) is 6.44. The summed E-state index contributed by atoms with van der Waals surface area (Å²) in [5, 5.41) is 3.81. The van der Waals surface area contributed by atoms with Crippen LogP contribution < -0.4 is 5.32 Å². The molecule has 4 heteroatoms. The lowest BCUT2D eigenvalue weighted by Gasteiger charge is -2.20. The zero-order valence-corrected chi connectivity index (χ0v) is 12.3. The third kappa shape index (κ3) is 4.53. The Morgan fingerprint density at radius 1 is 1.47 bits per heavy atom. The summed E-state index contributed by atoms with van der Waals surface area (Å²) in [7, 11) is 0. The van der Waals surface area contributed by atoms with Crippen molar-refractivity contribution < 1.29 is 4.79 Å². The molecule has 0 saturated heterocycles. The van der Waals surface area contributed by atoms with Crippen LogP contribution in [0.1, 0.15) is 38.3 Å². The predicted octanol–water partition coefficient (Wildman–Crippen LogP) is 2.80. The Morgan fingerprint density at radius 3 is 3.11 bits per heavy atom. The second-order valence-electron chi connectivity index (χ2n) is 4.92. The van der Waals surface area contributed by atoms with Crippen LogP contribution in [0.3, 0.4) is 0 Å². The Balaban J connectivity index is 1.75. The molecular formula is C15H22N2OS. The van der Waals surface area contributed by atoms with Crippen molar-refractivity contribution in [3.05, 3.63) is 30.1 Å². The van der Waals surface area contributed by atoms with Gasteiger partial charge in [-0.25, -0.2) is 0 Å². The van der Waals surface area contributed by atoms with Crippen molar-refractivity contribution >= 4 is 17.7 Å². The van der Waals surface area contributed by atoms with Gasteiger partial charge in [-0.05, 0) is 37.1 Å². The van der Waals surface area contributed by atoms with Gasteiger partial charge in [0.1, 0.15) is 0 Å². The average molecular weight is 278 g/mol. The number of hydrogen-bond acceptors (Lipinski definition) is 3. The fourth-order valence-corrected chi connectivity index (χ4v) is 3.77. The van der Waals surface area contributed by atoms with Crippen molar-refractivity contribution in [2.45, 2.75) is 50.3 Å². The zero-order chi connectivity index (χ0) is 13.5. The molecule has 1 aliphatic carbocycles. The molecule has 0 bridgehead atoms. The molecule has 0 aromatic carbocycles. The van der Waals surface area contributed by atoms with Crippen LogP contribution in [0, 0.1) is 0 Å². The van der Waals surface area contributed by atoms with E-state index >= 15 is 0 Å². The molecule has 1 aromatic heterocycles. The molecule has 0 aliphatic heterocycles. The lowest BCUT2D eigenvalue weighted by Crippen LogP contribution is -2.38.